The molecule has 1 heterocycles. The number of hydrogen-bond acceptors (Lipinski definition) is 3. The van der Waals surface area contributed by atoms with Gasteiger partial charge in [-0.3, -0.25) is 0 Å². The number of benzene rings is 1. The van der Waals surface area contributed by atoms with Crippen molar-refractivity contribution in [2.24, 2.45) is 0 Å². The number of aryl methyl sites for hydroxylation is 1. The van der Waals surface area contributed by atoms with E-state index in [4.69, 9.17) is 4.42 Å². The molecule has 0 saturated heterocycles. The minimum Gasteiger partial charge on any atom is -0.427 e. The first-order valence-electron chi connectivity index (χ1n) is 5.58. The second-order valence-electron chi connectivity index (χ2n) is 5.29. The maximum Gasteiger partial charge on any atom is 0.343 e. The molecule has 0 aliphatic rings. The normalized spacial score (nSPS) is 12.1. The molecule has 0 aliphatic carbocycles. The molecule has 2 rings (SSSR count). The van der Waals surface area contributed by atoms with Gasteiger partial charge in [-0.25, -0.2) is 4.79 Å². The summed E-state index contributed by atoms with van der Waals surface area (Å²) in [4.78, 5) is 12.8. The Balaban J connectivity index is 2.99. The maximum absolute atomic E-state index is 12.0. The van der Waals surface area contributed by atoms with Gasteiger partial charge in [-0.2, -0.15) is 0 Å². The first-order chi connectivity index (χ1) is 7.82. The van der Waals surface area contributed by atoms with Gasteiger partial charge in [0.05, 0.1) is 5.39 Å². The highest BCUT2D eigenvalue weighted by molar-refractivity contribution is 7.80. The van der Waals surface area contributed by atoms with E-state index in [9.17, 15) is 4.79 Å². The summed E-state index contributed by atoms with van der Waals surface area (Å²) in [6.07, 6.45) is 0. The van der Waals surface area contributed by atoms with Gasteiger partial charge >= 0.3 is 5.63 Å². The van der Waals surface area contributed by atoms with Crippen LogP contribution >= 0.6 is 12.6 Å². The minimum absolute atomic E-state index is 0.187. The Morgan fingerprint density at radius 3 is 2.47 bits per heavy atom. The minimum atomic E-state index is -0.286. The Bertz CT molecular complexity index is 633. The second-order valence-corrected chi connectivity index (χ2v) is 5.78. The van der Waals surface area contributed by atoms with E-state index >= 15 is 0 Å². The molecule has 2 nitrogen and oxygen atoms in total. The third kappa shape index (κ3) is 2.00. The predicted octanol–water partition coefficient (Wildman–Crippen LogP) is 3.69. The fourth-order valence-corrected chi connectivity index (χ4v) is 2.53. The summed E-state index contributed by atoms with van der Waals surface area (Å²) in [5, 5.41) is 1.50. The largest absolute Gasteiger partial charge is 0.427 e. The van der Waals surface area contributed by atoms with E-state index in [2.05, 4.69) is 12.6 Å². The van der Waals surface area contributed by atoms with Gasteiger partial charge in [0.25, 0.3) is 0 Å². The smallest absolute Gasteiger partial charge is 0.343 e. The number of thiol groups is 1. The topological polar surface area (TPSA) is 30.2 Å². The molecule has 0 fully saturated rings. The zero-order chi connectivity index (χ0) is 12.8. The Morgan fingerprint density at radius 1 is 1.24 bits per heavy atom. The Kier molecular flexibility index (Phi) is 2.82. The summed E-state index contributed by atoms with van der Waals surface area (Å²) >= 11 is 4.43. The standard InChI is InChI=1S/C14H16O2S/c1-8-11-9(6-5-7-10(11)17)13(15)16-12(8)14(2,3)4/h5-7,17H,1-4H3. The van der Waals surface area contributed by atoms with Crippen molar-refractivity contribution in [3.63, 3.8) is 0 Å². The van der Waals surface area contributed by atoms with Crippen molar-refractivity contribution in [3.05, 3.63) is 39.9 Å². The van der Waals surface area contributed by atoms with Crippen LogP contribution in [0.15, 0.2) is 32.3 Å². The van der Waals surface area contributed by atoms with E-state index in [-0.39, 0.29) is 11.0 Å². The van der Waals surface area contributed by atoms with Crippen LogP contribution in [0.5, 0.6) is 0 Å². The Labute approximate surface area is 106 Å². The second kappa shape index (κ2) is 3.91. The van der Waals surface area contributed by atoms with Gasteiger partial charge in [0.1, 0.15) is 5.76 Å². The molecule has 0 amide bonds. The number of rotatable bonds is 0. The van der Waals surface area contributed by atoms with Gasteiger partial charge in [-0.15, -0.1) is 12.6 Å². The van der Waals surface area contributed by atoms with E-state index < -0.39 is 0 Å². The van der Waals surface area contributed by atoms with Crippen molar-refractivity contribution in [1.82, 2.24) is 0 Å². The third-order valence-corrected chi connectivity index (χ3v) is 3.23. The lowest BCUT2D eigenvalue weighted by Crippen LogP contribution is -2.17. The maximum atomic E-state index is 12.0. The summed E-state index contributed by atoms with van der Waals surface area (Å²) in [5.41, 5.74) is 0.525. The quantitative estimate of drug-likeness (QED) is 0.721. The molecule has 0 saturated carbocycles. The van der Waals surface area contributed by atoms with Gasteiger partial charge in [-0.1, -0.05) is 26.8 Å². The van der Waals surface area contributed by atoms with Gasteiger partial charge in [0.15, 0.2) is 0 Å². The first kappa shape index (κ1) is 12.2. The van der Waals surface area contributed by atoms with Gasteiger partial charge in [-0.05, 0) is 24.6 Å². The van der Waals surface area contributed by atoms with Crippen LogP contribution in [0.2, 0.25) is 0 Å². The van der Waals surface area contributed by atoms with E-state index in [1.54, 1.807) is 6.07 Å². The lowest BCUT2D eigenvalue weighted by atomic mass is 9.88. The van der Waals surface area contributed by atoms with Gasteiger partial charge in [0.2, 0.25) is 0 Å². The van der Waals surface area contributed by atoms with Crippen LogP contribution in [0.1, 0.15) is 32.1 Å². The first-order valence-corrected chi connectivity index (χ1v) is 6.03. The zero-order valence-corrected chi connectivity index (χ0v) is 11.4. The van der Waals surface area contributed by atoms with Gasteiger partial charge < -0.3 is 4.42 Å². The average Bonchev–Trinajstić information content (AvgIpc) is 2.21. The predicted molar refractivity (Wildman–Crippen MR) is 73.2 cm³/mol. The molecule has 17 heavy (non-hydrogen) atoms. The van der Waals surface area contributed by atoms with E-state index in [1.165, 1.54) is 0 Å². The highest BCUT2D eigenvalue weighted by Gasteiger charge is 2.22. The summed E-state index contributed by atoms with van der Waals surface area (Å²) < 4.78 is 5.45. The van der Waals surface area contributed by atoms with Crippen LogP contribution in [-0.4, -0.2) is 0 Å². The number of hydrogen-bond donors (Lipinski definition) is 1. The van der Waals surface area contributed by atoms with Crippen LogP contribution in [0, 0.1) is 6.92 Å². The summed E-state index contributed by atoms with van der Waals surface area (Å²) in [5.74, 6) is 0.733. The van der Waals surface area contributed by atoms with Crippen molar-refractivity contribution >= 4 is 23.4 Å². The molecule has 0 aliphatic heterocycles. The number of fused-ring (bicyclic) bond motifs is 1. The highest BCUT2D eigenvalue weighted by Crippen LogP contribution is 2.31. The van der Waals surface area contributed by atoms with Crippen molar-refractivity contribution in [1.29, 1.82) is 0 Å². The fourth-order valence-electron chi connectivity index (χ4n) is 2.16. The molecule has 1 aromatic carbocycles. The molecule has 0 radical (unpaired) electrons. The van der Waals surface area contributed by atoms with E-state index in [0.717, 1.165) is 21.6 Å². The van der Waals surface area contributed by atoms with E-state index in [1.807, 2.05) is 39.8 Å². The van der Waals surface area contributed by atoms with Crippen LogP contribution < -0.4 is 5.63 Å². The van der Waals surface area contributed by atoms with Crippen LogP contribution in [0.4, 0.5) is 0 Å². The fraction of sp³-hybridized carbons (Fsp3) is 0.357. The molecule has 2 aromatic rings. The van der Waals surface area contributed by atoms with Crippen molar-refractivity contribution < 1.29 is 4.42 Å². The van der Waals surface area contributed by atoms with Crippen molar-refractivity contribution in [3.8, 4) is 0 Å². The van der Waals surface area contributed by atoms with Crippen LogP contribution in [0.25, 0.3) is 10.8 Å². The summed E-state index contributed by atoms with van der Waals surface area (Å²) in [7, 11) is 0. The van der Waals surface area contributed by atoms with Crippen LogP contribution in [0.3, 0.4) is 0 Å². The lowest BCUT2D eigenvalue weighted by molar-refractivity contribution is 0.378. The molecule has 0 atom stereocenters. The molecule has 0 unspecified atom stereocenters. The molecule has 0 bridgehead atoms. The molecule has 1 aromatic heterocycles. The lowest BCUT2D eigenvalue weighted by Gasteiger charge is -2.20. The van der Waals surface area contributed by atoms with Crippen molar-refractivity contribution in [2.45, 2.75) is 38.0 Å². The van der Waals surface area contributed by atoms with Crippen molar-refractivity contribution in [2.75, 3.05) is 0 Å². The van der Waals surface area contributed by atoms with E-state index in [0.29, 0.717) is 5.39 Å². The summed E-state index contributed by atoms with van der Waals surface area (Å²) in [6, 6.07) is 5.49. The molecular formula is C14H16O2S. The average molecular weight is 248 g/mol. The monoisotopic (exact) mass is 248 g/mol. The van der Waals surface area contributed by atoms with Crippen LogP contribution in [-0.2, 0) is 5.41 Å². The zero-order valence-electron chi connectivity index (χ0n) is 10.5. The molecular weight excluding hydrogens is 232 g/mol. The summed E-state index contributed by atoms with van der Waals surface area (Å²) in [6.45, 7) is 8.08. The van der Waals surface area contributed by atoms with Gasteiger partial charge in [0, 0.05) is 15.7 Å². The molecule has 3 heteroatoms. The SMILES string of the molecule is Cc1c(C(C)(C)C)oc(=O)c2cccc(S)c12. The highest BCUT2D eigenvalue weighted by atomic mass is 32.1. The molecule has 90 valence electrons. The Hall–Kier alpha value is -1.22. The third-order valence-electron chi connectivity index (χ3n) is 2.85. The molecule has 0 N–H and O–H groups in total. The Morgan fingerprint density at radius 2 is 1.88 bits per heavy atom. The molecule has 0 spiro atoms.